The molecule has 1 saturated heterocycles. The molecule has 2 unspecified atom stereocenters. The Bertz CT molecular complexity index is 658. The molecular weight excluding hydrogens is 306 g/mol. The van der Waals surface area contributed by atoms with Gasteiger partial charge in [0.2, 0.25) is 11.7 Å². The summed E-state index contributed by atoms with van der Waals surface area (Å²) in [6, 6.07) is 7.79. The third kappa shape index (κ3) is 3.76. The lowest BCUT2D eigenvalue weighted by Gasteiger charge is -2.37. The Morgan fingerprint density at radius 2 is 2.29 bits per heavy atom. The van der Waals surface area contributed by atoms with Gasteiger partial charge in [-0.1, -0.05) is 30.6 Å². The topological polar surface area (TPSA) is 71.6 Å². The summed E-state index contributed by atoms with van der Waals surface area (Å²) in [5, 5.41) is 14.3. The molecule has 0 aliphatic carbocycles. The van der Waals surface area contributed by atoms with Crippen LogP contribution in [0.15, 0.2) is 28.8 Å². The zero-order chi connectivity index (χ0) is 16.9. The predicted molar refractivity (Wildman–Crippen MR) is 90.6 cm³/mol. The summed E-state index contributed by atoms with van der Waals surface area (Å²) in [7, 11) is 1.64. The number of piperidine rings is 1. The molecule has 24 heavy (non-hydrogen) atoms. The van der Waals surface area contributed by atoms with E-state index in [1.807, 2.05) is 31.2 Å². The van der Waals surface area contributed by atoms with E-state index in [0.29, 0.717) is 18.3 Å². The molecule has 2 aromatic rings. The van der Waals surface area contributed by atoms with E-state index in [2.05, 4.69) is 15.0 Å². The number of rotatable bonds is 6. The van der Waals surface area contributed by atoms with Crippen LogP contribution in [-0.4, -0.2) is 45.9 Å². The maximum Gasteiger partial charge on any atom is 0.241 e. The van der Waals surface area contributed by atoms with E-state index in [1.165, 1.54) is 0 Å². The monoisotopic (exact) mass is 331 g/mol. The summed E-state index contributed by atoms with van der Waals surface area (Å²) >= 11 is 0. The summed E-state index contributed by atoms with van der Waals surface area (Å²) in [5.41, 5.74) is 0.869. The standard InChI is InChI=1S/C18H25N3O3/c1-3-16(22)15-9-4-5-10-21(15)12-17-19-18(20-24-17)13-7-6-8-14(11-13)23-2/h6-8,11,15-16,22H,3-5,9-10,12H2,1-2H3. The maximum absolute atomic E-state index is 10.2. The minimum absolute atomic E-state index is 0.177. The number of aliphatic hydroxyl groups is 1. The molecule has 0 amide bonds. The molecule has 1 aromatic carbocycles. The van der Waals surface area contributed by atoms with Crippen molar-refractivity contribution in [3.8, 4) is 17.1 Å². The first-order valence-corrected chi connectivity index (χ1v) is 8.60. The molecule has 0 radical (unpaired) electrons. The second kappa shape index (κ2) is 7.77. The molecule has 1 aliphatic rings. The van der Waals surface area contributed by atoms with E-state index >= 15 is 0 Å². The highest BCUT2D eigenvalue weighted by molar-refractivity contribution is 5.56. The molecule has 6 nitrogen and oxygen atoms in total. The number of nitrogens with zero attached hydrogens (tertiary/aromatic N) is 3. The molecule has 0 saturated carbocycles. The number of ether oxygens (including phenoxy) is 1. The van der Waals surface area contributed by atoms with E-state index in [1.54, 1.807) is 7.11 Å². The first kappa shape index (κ1) is 16.9. The van der Waals surface area contributed by atoms with Gasteiger partial charge in [0, 0.05) is 11.6 Å². The molecule has 0 bridgehead atoms. The van der Waals surface area contributed by atoms with Gasteiger partial charge in [-0.05, 0) is 37.9 Å². The van der Waals surface area contributed by atoms with Gasteiger partial charge >= 0.3 is 0 Å². The normalized spacial score (nSPS) is 20.0. The zero-order valence-corrected chi connectivity index (χ0v) is 14.3. The van der Waals surface area contributed by atoms with Gasteiger partial charge in [0.15, 0.2) is 0 Å². The Kier molecular flexibility index (Phi) is 5.48. The lowest BCUT2D eigenvalue weighted by atomic mass is 9.96. The van der Waals surface area contributed by atoms with Gasteiger partial charge in [0.25, 0.3) is 0 Å². The predicted octanol–water partition coefficient (Wildman–Crippen LogP) is 2.87. The lowest BCUT2D eigenvalue weighted by molar-refractivity contribution is 0.0145. The van der Waals surface area contributed by atoms with Crippen molar-refractivity contribution >= 4 is 0 Å². The van der Waals surface area contributed by atoms with Gasteiger partial charge in [0.1, 0.15) is 5.75 Å². The second-order valence-corrected chi connectivity index (χ2v) is 6.25. The van der Waals surface area contributed by atoms with Crippen LogP contribution in [0.5, 0.6) is 5.75 Å². The summed E-state index contributed by atoms with van der Waals surface area (Å²) in [6.07, 6.45) is 3.79. The van der Waals surface area contributed by atoms with Gasteiger partial charge < -0.3 is 14.4 Å². The smallest absolute Gasteiger partial charge is 0.241 e. The molecule has 3 rings (SSSR count). The average Bonchev–Trinajstić information content (AvgIpc) is 3.10. The van der Waals surface area contributed by atoms with E-state index < -0.39 is 0 Å². The van der Waals surface area contributed by atoms with Gasteiger partial charge in [-0.25, -0.2) is 0 Å². The Morgan fingerprint density at radius 3 is 3.08 bits per heavy atom. The number of hydrogen-bond acceptors (Lipinski definition) is 6. The highest BCUT2D eigenvalue weighted by Crippen LogP contribution is 2.25. The maximum atomic E-state index is 10.2. The fourth-order valence-corrected chi connectivity index (χ4v) is 3.29. The number of aromatic nitrogens is 2. The van der Waals surface area contributed by atoms with Crippen LogP contribution in [0.4, 0.5) is 0 Å². The Hall–Kier alpha value is -1.92. The first-order chi connectivity index (χ1) is 11.7. The fourth-order valence-electron chi connectivity index (χ4n) is 3.29. The van der Waals surface area contributed by atoms with Crippen molar-refractivity contribution in [3.05, 3.63) is 30.2 Å². The van der Waals surface area contributed by atoms with Gasteiger partial charge in [-0.15, -0.1) is 0 Å². The van der Waals surface area contributed by atoms with Crippen LogP contribution < -0.4 is 4.74 Å². The van der Waals surface area contributed by atoms with Crippen LogP contribution in [0.3, 0.4) is 0 Å². The average molecular weight is 331 g/mol. The number of likely N-dealkylation sites (tertiary alicyclic amines) is 1. The SMILES string of the molecule is CCC(O)C1CCCCN1Cc1nc(-c2cccc(OC)c2)no1. The summed E-state index contributed by atoms with van der Waals surface area (Å²) < 4.78 is 10.7. The fraction of sp³-hybridized carbons (Fsp3) is 0.556. The van der Waals surface area contributed by atoms with Gasteiger partial charge in [-0.3, -0.25) is 4.90 Å². The van der Waals surface area contributed by atoms with Crippen LogP contribution in [0, 0.1) is 0 Å². The first-order valence-electron chi connectivity index (χ1n) is 8.60. The van der Waals surface area contributed by atoms with Crippen LogP contribution in [0.25, 0.3) is 11.4 Å². The molecule has 6 heteroatoms. The number of benzene rings is 1. The summed E-state index contributed by atoms with van der Waals surface area (Å²) in [6.45, 7) is 3.56. The third-order valence-corrected chi connectivity index (χ3v) is 4.66. The van der Waals surface area contributed by atoms with E-state index in [4.69, 9.17) is 9.26 Å². The largest absolute Gasteiger partial charge is 0.497 e. The number of methoxy groups -OCH3 is 1. The van der Waals surface area contributed by atoms with Crippen LogP contribution >= 0.6 is 0 Å². The highest BCUT2D eigenvalue weighted by atomic mass is 16.5. The number of aliphatic hydroxyl groups excluding tert-OH is 1. The van der Waals surface area contributed by atoms with Crippen molar-refractivity contribution < 1.29 is 14.4 Å². The molecule has 2 heterocycles. The Morgan fingerprint density at radius 1 is 1.42 bits per heavy atom. The van der Waals surface area contributed by atoms with Crippen molar-refractivity contribution in [2.75, 3.05) is 13.7 Å². The van der Waals surface area contributed by atoms with Crippen LogP contribution in [0.2, 0.25) is 0 Å². The Labute approximate surface area is 142 Å². The molecule has 1 N–H and O–H groups in total. The molecular formula is C18H25N3O3. The molecule has 1 aliphatic heterocycles. The van der Waals surface area contributed by atoms with Gasteiger partial charge in [0.05, 0.1) is 19.8 Å². The summed E-state index contributed by atoms with van der Waals surface area (Å²) in [4.78, 5) is 6.78. The molecule has 2 atom stereocenters. The van der Waals surface area contributed by atoms with Crippen LogP contribution in [-0.2, 0) is 6.54 Å². The van der Waals surface area contributed by atoms with Crippen molar-refractivity contribution in [2.45, 2.75) is 51.3 Å². The van der Waals surface area contributed by atoms with E-state index in [0.717, 1.165) is 43.5 Å². The molecule has 1 fully saturated rings. The minimum atomic E-state index is -0.300. The highest BCUT2D eigenvalue weighted by Gasteiger charge is 2.29. The molecule has 1 aromatic heterocycles. The van der Waals surface area contributed by atoms with E-state index in [9.17, 15) is 5.11 Å². The van der Waals surface area contributed by atoms with E-state index in [-0.39, 0.29) is 12.1 Å². The minimum Gasteiger partial charge on any atom is -0.497 e. The third-order valence-electron chi connectivity index (χ3n) is 4.66. The van der Waals surface area contributed by atoms with Crippen molar-refractivity contribution in [2.24, 2.45) is 0 Å². The van der Waals surface area contributed by atoms with Crippen molar-refractivity contribution in [1.29, 1.82) is 0 Å². The van der Waals surface area contributed by atoms with Crippen molar-refractivity contribution in [1.82, 2.24) is 15.0 Å². The lowest BCUT2D eigenvalue weighted by Crippen LogP contribution is -2.46. The van der Waals surface area contributed by atoms with Crippen molar-refractivity contribution in [3.63, 3.8) is 0 Å². The molecule has 0 spiro atoms. The zero-order valence-electron chi connectivity index (χ0n) is 14.3. The number of hydrogen-bond donors (Lipinski definition) is 1. The molecule has 130 valence electrons. The van der Waals surface area contributed by atoms with Gasteiger partial charge in [-0.2, -0.15) is 4.98 Å². The Balaban J connectivity index is 1.73. The summed E-state index contributed by atoms with van der Waals surface area (Å²) in [5.74, 6) is 1.91. The van der Waals surface area contributed by atoms with Crippen LogP contribution in [0.1, 0.15) is 38.5 Å². The second-order valence-electron chi connectivity index (χ2n) is 6.25. The quantitative estimate of drug-likeness (QED) is 0.877.